The van der Waals surface area contributed by atoms with Gasteiger partial charge in [0, 0.05) is 0 Å². The van der Waals surface area contributed by atoms with E-state index in [1.54, 1.807) is 0 Å². The van der Waals surface area contributed by atoms with E-state index in [-0.39, 0.29) is 74.1 Å². The van der Waals surface area contributed by atoms with Gasteiger partial charge in [-0.25, -0.2) is 9.97 Å². The molecule has 4 aromatic rings. The zero-order valence-corrected chi connectivity index (χ0v) is 18.9. The standard InChI is InChI=1S/C17H20N12O8/c30-1-3-36-8-26-5-18-10-12(26)20-16(22-14(10)32)28(24-34)7-29(25-35)17-21-13-11(15(33)23-17)19-6-27(13)9-37-4-2-31/h5-6,30-31H,1-4,7-9H2,(H,20,22,32)(H,21,23,33). The second kappa shape index (κ2) is 11.4. The summed E-state index contributed by atoms with van der Waals surface area (Å²) in [6.07, 6.45) is 2.56. The van der Waals surface area contributed by atoms with Crippen molar-refractivity contribution in [1.82, 2.24) is 39.0 Å². The van der Waals surface area contributed by atoms with Crippen molar-refractivity contribution in [3.8, 4) is 0 Å². The average Bonchev–Trinajstić information content (AvgIpc) is 3.50. The van der Waals surface area contributed by atoms with E-state index in [0.717, 1.165) is 0 Å². The molecule has 4 rings (SSSR count). The summed E-state index contributed by atoms with van der Waals surface area (Å²) < 4.78 is 13.1. The van der Waals surface area contributed by atoms with Gasteiger partial charge in [-0.15, -0.1) is 9.81 Å². The third kappa shape index (κ3) is 5.30. The summed E-state index contributed by atoms with van der Waals surface area (Å²) in [4.78, 5) is 69.1. The minimum absolute atomic E-state index is 0.0275. The number of aliphatic hydroxyl groups excluding tert-OH is 2. The van der Waals surface area contributed by atoms with E-state index in [0.29, 0.717) is 10.0 Å². The molecule has 37 heavy (non-hydrogen) atoms. The molecule has 0 aliphatic rings. The van der Waals surface area contributed by atoms with Crippen molar-refractivity contribution in [2.75, 3.05) is 43.1 Å². The number of fused-ring (bicyclic) bond motifs is 2. The Hall–Kier alpha value is -4.66. The number of aromatic amines is 2. The van der Waals surface area contributed by atoms with E-state index < -0.39 is 17.8 Å². The first-order valence-electron chi connectivity index (χ1n) is 10.5. The lowest BCUT2D eigenvalue weighted by Gasteiger charge is -2.19. The predicted octanol–water partition coefficient (Wildman–Crippen LogP) is -1.88. The molecule has 196 valence electrons. The molecule has 0 spiro atoms. The molecule has 0 saturated heterocycles. The third-order valence-corrected chi connectivity index (χ3v) is 4.81. The maximum absolute atomic E-state index is 12.5. The van der Waals surface area contributed by atoms with Crippen LogP contribution in [0.15, 0.2) is 32.8 Å². The minimum atomic E-state index is -0.708. The maximum Gasteiger partial charge on any atom is 0.280 e. The van der Waals surface area contributed by atoms with Crippen molar-refractivity contribution in [3.05, 3.63) is 43.2 Å². The van der Waals surface area contributed by atoms with Crippen LogP contribution in [0.1, 0.15) is 0 Å². The summed E-state index contributed by atoms with van der Waals surface area (Å²) >= 11 is 0. The molecular weight excluding hydrogens is 500 g/mol. The van der Waals surface area contributed by atoms with Gasteiger partial charge in [0.1, 0.15) is 20.1 Å². The number of rotatable bonds is 14. The van der Waals surface area contributed by atoms with Crippen LogP contribution in [0.25, 0.3) is 22.3 Å². The van der Waals surface area contributed by atoms with Gasteiger partial charge in [-0.2, -0.15) is 20.0 Å². The van der Waals surface area contributed by atoms with Gasteiger partial charge in [-0.05, 0) is 0 Å². The van der Waals surface area contributed by atoms with Gasteiger partial charge in [0.15, 0.2) is 22.3 Å². The molecular formula is C17H20N12O8. The van der Waals surface area contributed by atoms with Gasteiger partial charge >= 0.3 is 0 Å². The van der Waals surface area contributed by atoms with E-state index in [9.17, 15) is 19.4 Å². The molecule has 20 nitrogen and oxygen atoms in total. The fourth-order valence-electron chi connectivity index (χ4n) is 3.16. The number of aliphatic hydroxyl groups is 2. The topological polar surface area (TPSA) is 251 Å². The molecule has 20 heteroatoms. The summed E-state index contributed by atoms with van der Waals surface area (Å²) in [5.41, 5.74) is -1.45. The molecule has 0 fully saturated rings. The fourth-order valence-corrected chi connectivity index (χ4v) is 3.16. The second-order valence-corrected chi connectivity index (χ2v) is 7.18. The Kier molecular flexibility index (Phi) is 7.83. The van der Waals surface area contributed by atoms with E-state index in [1.807, 2.05) is 0 Å². The first-order chi connectivity index (χ1) is 18.0. The first kappa shape index (κ1) is 25.4. The van der Waals surface area contributed by atoms with E-state index in [1.165, 1.54) is 21.8 Å². The molecule has 0 aliphatic carbocycles. The highest BCUT2D eigenvalue weighted by Gasteiger charge is 2.22. The predicted molar refractivity (Wildman–Crippen MR) is 124 cm³/mol. The number of aromatic nitrogens is 8. The monoisotopic (exact) mass is 520 g/mol. The number of nitrogens with zero attached hydrogens (tertiary/aromatic N) is 10. The molecule has 0 atom stereocenters. The fraction of sp³-hybridized carbons (Fsp3) is 0.412. The summed E-state index contributed by atoms with van der Waals surface area (Å²) in [6.45, 7) is -1.28. The highest BCUT2D eigenvalue weighted by Crippen LogP contribution is 2.16. The molecule has 0 radical (unpaired) electrons. The van der Waals surface area contributed by atoms with E-state index >= 15 is 0 Å². The van der Waals surface area contributed by atoms with Crippen LogP contribution in [0.2, 0.25) is 0 Å². The van der Waals surface area contributed by atoms with E-state index in [2.05, 4.69) is 40.5 Å². The molecule has 0 amide bonds. The van der Waals surface area contributed by atoms with Crippen LogP contribution in [0.4, 0.5) is 11.9 Å². The van der Waals surface area contributed by atoms with Crippen LogP contribution >= 0.6 is 0 Å². The van der Waals surface area contributed by atoms with Crippen LogP contribution in [0, 0.1) is 9.81 Å². The summed E-state index contributed by atoms with van der Waals surface area (Å²) in [5, 5.41) is 24.5. The summed E-state index contributed by atoms with van der Waals surface area (Å²) in [6, 6.07) is 0. The van der Waals surface area contributed by atoms with E-state index in [4.69, 9.17) is 19.7 Å². The molecule has 0 saturated carbocycles. The van der Waals surface area contributed by atoms with Gasteiger partial charge in [0.2, 0.25) is 11.9 Å². The van der Waals surface area contributed by atoms with Crippen LogP contribution in [-0.2, 0) is 22.9 Å². The Morgan fingerprint density at radius 3 is 1.62 bits per heavy atom. The number of ether oxygens (including phenoxy) is 2. The van der Waals surface area contributed by atoms with Gasteiger partial charge < -0.3 is 19.7 Å². The van der Waals surface area contributed by atoms with Crippen molar-refractivity contribution in [1.29, 1.82) is 0 Å². The van der Waals surface area contributed by atoms with Crippen molar-refractivity contribution in [2.45, 2.75) is 13.5 Å². The molecule has 0 aliphatic heterocycles. The molecule has 4 heterocycles. The minimum Gasteiger partial charge on any atom is -0.394 e. The molecule has 0 aromatic carbocycles. The molecule has 4 aromatic heterocycles. The Balaban J connectivity index is 1.64. The largest absolute Gasteiger partial charge is 0.394 e. The van der Waals surface area contributed by atoms with Gasteiger partial charge in [-0.1, -0.05) is 0 Å². The third-order valence-electron chi connectivity index (χ3n) is 4.81. The normalized spacial score (nSPS) is 11.3. The Morgan fingerprint density at radius 2 is 1.24 bits per heavy atom. The van der Waals surface area contributed by atoms with Crippen LogP contribution in [0.3, 0.4) is 0 Å². The van der Waals surface area contributed by atoms with Crippen LogP contribution in [-0.4, -0.2) is 82.3 Å². The number of nitrogens with one attached hydrogen (secondary N) is 2. The van der Waals surface area contributed by atoms with Crippen molar-refractivity contribution < 1.29 is 19.7 Å². The van der Waals surface area contributed by atoms with Crippen molar-refractivity contribution in [2.24, 2.45) is 10.6 Å². The molecule has 0 unspecified atom stereocenters. The lowest BCUT2D eigenvalue weighted by Crippen LogP contribution is -2.35. The maximum atomic E-state index is 12.5. The van der Waals surface area contributed by atoms with Gasteiger partial charge in [0.05, 0.1) is 49.7 Å². The number of imidazole rings is 2. The van der Waals surface area contributed by atoms with Crippen molar-refractivity contribution in [3.63, 3.8) is 0 Å². The Bertz CT molecular complexity index is 1400. The first-order valence-corrected chi connectivity index (χ1v) is 10.5. The molecule has 4 N–H and O–H groups in total. The highest BCUT2D eigenvalue weighted by atomic mass is 16.5. The number of hydrogen-bond acceptors (Lipinski definition) is 14. The molecule has 0 bridgehead atoms. The Morgan fingerprint density at radius 1 is 0.811 bits per heavy atom. The lowest BCUT2D eigenvalue weighted by molar-refractivity contribution is 0.0499. The summed E-state index contributed by atoms with van der Waals surface area (Å²) in [5.74, 6) is -0.730. The van der Waals surface area contributed by atoms with Crippen LogP contribution < -0.4 is 21.1 Å². The lowest BCUT2D eigenvalue weighted by atomic mass is 10.5. The van der Waals surface area contributed by atoms with Crippen molar-refractivity contribution >= 4 is 34.2 Å². The Labute approximate surface area is 204 Å². The zero-order valence-electron chi connectivity index (χ0n) is 18.9. The second-order valence-electron chi connectivity index (χ2n) is 7.18. The van der Waals surface area contributed by atoms with Crippen LogP contribution in [0.5, 0.6) is 0 Å². The summed E-state index contributed by atoms with van der Waals surface area (Å²) in [7, 11) is 0. The van der Waals surface area contributed by atoms with Gasteiger partial charge in [-0.3, -0.25) is 28.7 Å². The van der Waals surface area contributed by atoms with Gasteiger partial charge in [0.25, 0.3) is 11.1 Å². The smallest absolute Gasteiger partial charge is 0.280 e. The number of nitroso groups, excluding NO2 is 2. The number of hydrogen-bond donors (Lipinski definition) is 4. The number of anilines is 2. The SMILES string of the molecule is O=NN(CN(N=O)c1nc2c(ncn2COCCO)c(=O)[nH]1)c1nc2c(ncn2COCCO)c(=O)[nH]1. The number of H-pyrrole nitrogens is 2. The average molecular weight is 520 g/mol. The highest BCUT2D eigenvalue weighted by molar-refractivity contribution is 5.71. The zero-order chi connectivity index (χ0) is 26.4. The quantitative estimate of drug-likeness (QED) is 0.0614.